The van der Waals surface area contributed by atoms with Crippen LogP contribution < -0.4 is 16.2 Å². The van der Waals surface area contributed by atoms with Crippen LogP contribution in [0.4, 0.5) is 18.9 Å². The maximum Gasteiger partial charge on any atom is 0.415 e. The third kappa shape index (κ3) is 3.46. The summed E-state index contributed by atoms with van der Waals surface area (Å²) in [6.07, 6.45) is -4.95. The van der Waals surface area contributed by atoms with Gasteiger partial charge in [0.1, 0.15) is 0 Å². The second kappa shape index (κ2) is 5.04. The average molecular weight is 311 g/mol. The predicted molar refractivity (Wildman–Crippen MR) is 65.1 cm³/mol. The summed E-state index contributed by atoms with van der Waals surface area (Å²) >= 11 is 0. The van der Waals surface area contributed by atoms with Gasteiger partial charge in [0, 0.05) is 5.69 Å². The molecule has 0 aliphatic carbocycles. The van der Waals surface area contributed by atoms with Crippen molar-refractivity contribution in [2.24, 2.45) is 10.9 Å². The van der Waals surface area contributed by atoms with Crippen LogP contribution in [-0.2, 0) is 14.8 Å². The van der Waals surface area contributed by atoms with Gasteiger partial charge in [0.2, 0.25) is 10.0 Å². The minimum atomic E-state index is -4.95. The van der Waals surface area contributed by atoms with Gasteiger partial charge < -0.3 is 11.1 Å². The number of sulfonamides is 1. The SMILES string of the molecule is CC(N)(C(=O)Nc1cccc(S(N)(=O)=O)c1)C(F)(F)F. The number of benzene rings is 1. The number of hydrogen-bond donors (Lipinski definition) is 3. The van der Waals surface area contributed by atoms with E-state index in [4.69, 9.17) is 10.9 Å². The van der Waals surface area contributed by atoms with Crippen LogP contribution in [0, 0.1) is 0 Å². The number of hydrogen-bond acceptors (Lipinski definition) is 4. The maximum absolute atomic E-state index is 12.6. The third-order valence-electron chi connectivity index (χ3n) is 2.48. The first-order chi connectivity index (χ1) is 8.85. The van der Waals surface area contributed by atoms with E-state index in [0.29, 0.717) is 6.92 Å². The molecule has 20 heavy (non-hydrogen) atoms. The Morgan fingerprint density at radius 1 is 1.30 bits per heavy atom. The highest BCUT2D eigenvalue weighted by molar-refractivity contribution is 7.89. The number of amides is 1. The molecule has 6 nitrogen and oxygen atoms in total. The van der Waals surface area contributed by atoms with Gasteiger partial charge >= 0.3 is 6.18 Å². The number of halogens is 3. The summed E-state index contributed by atoms with van der Waals surface area (Å²) in [7, 11) is -4.03. The molecule has 10 heteroatoms. The molecule has 0 radical (unpaired) electrons. The van der Waals surface area contributed by atoms with Crippen molar-refractivity contribution in [2.75, 3.05) is 5.32 Å². The van der Waals surface area contributed by atoms with Crippen molar-refractivity contribution >= 4 is 21.6 Å². The molecule has 112 valence electrons. The van der Waals surface area contributed by atoms with Crippen molar-refractivity contribution in [1.29, 1.82) is 0 Å². The molecule has 1 aromatic carbocycles. The second-order valence-electron chi connectivity index (χ2n) is 4.23. The largest absolute Gasteiger partial charge is 0.415 e. The Hall–Kier alpha value is -1.65. The molecule has 0 saturated heterocycles. The maximum atomic E-state index is 12.6. The lowest BCUT2D eigenvalue weighted by Crippen LogP contribution is -2.59. The number of alkyl halides is 3. The Morgan fingerprint density at radius 3 is 2.30 bits per heavy atom. The standard InChI is InChI=1S/C10H12F3N3O3S/c1-9(14,10(11,12)13)8(17)16-6-3-2-4-7(5-6)20(15,18)19/h2-5H,14H2,1H3,(H,16,17)(H2,15,18,19). The number of nitrogens with one attached hydrogen (secondary N) is 1. The highest BCUT2D eigenvalue weighted by Crippen LogP contribution is 2.29. The summed E-state index contributed by atoms with van der Waals surface area (Å²) in [6, 6.07) is 4.49. The lowest BCUT2D eigenvalue weighted by atomic mass is 10.0. The Morgan fingerprint density at radius 2 is 1.85 bits per heavy atom. The van der Waals surface area contributed by atoms with Crippen LogP contribution in [0.5, 0.6) is 0 Å². The van der Waals surface area contributed by atoms with Gasteiger partial charge in [0.25, 0.3) is 5.91 Å². The first-order valence-electron chi connectivity index (χ1n) is 5.15. The molecule has 0 spiro atoms. The highest BCUT2D eigenvalue weighted by Gasteiger charge is 2.53. The van der Waals surface area contributed by atoms with E-state index in [2.05, 4.69) is 0 Å². The highest BCUT2D eigenvalue weighted by atomic mass is 32.2. The summed E-state index contributed by atoms with van der Waals surface area (Å²) in [5.74, 6) is -1.52. The molecule has 5 N–H and O–H groups in total. The molecule has 1 unspecified atom stereocenters. The molecule has 1 aromatic rings. The predicted octanol–water partition coefficient (Wildman–Crippen LogP) is 0.552. The van der Waals surface area contributed by atoms with E-state index in [1.54, 1.807) is 0 Å². The zero-order valence-corrected chi connectivity index (χ0v) is 11.0. The van der Waals surface area contributed by atoms with Crippen LogP contribution in [0.2, 0.25) is 0 Å². The van der Waals surface area contributed by atoms with E-state index >= 15 is 0 Å². The molecule has 1 atom stereocenters. The number of carbonyl (C=O) groups excluding carboxylic acids is 1. The van der Waals surface area contributed by atoms with Gasteiger partial charge in [-0.25, -0.2) is 13.6 Å². The summed E-state index contributed by atoms with van der Waals surface area (Å²) in [5.41, 5.74) is 1.66. The topological polar surface area (TPSA) is 115 Å². The monoisotopic (exact) mass is 311 g/mol. The van der Waals surface area contributed by atoms with E-state index in [1.165, 1.54) is 12.1 Å². The number of rotatable bonds is 3. The van der Waals surface area contributed by atoms with E-state index in [0.717, 1.165) is 12.1 Å². The van der Waals surface area contributed by atoms with Crippen molar-refractivity contribution in [2.45, 2.75) is 23.5 Å². The molecule has 0 bridgehead atoms. The van der Waals surface area contributed by atoms with E-state index in [1.807, 2.05) is 5.32 Å². The van der Waals surface area contributed by atoms with Crippen LogP contribution in [0.3, 0.4) is 0 Å². The van der Waals surface area contributed by atoms with E-state index in [9.17, 15) is 26.4 Å². The number of carbonyl (C=O) groups is 1. The fourth-order valence-electron chi connectivity index (χ4n) is 1.14. The van der Waals surface area contributed by atoms with Crippen LogP contribution in [0.1, 0.15) is 6.92 Å². The Bertz CT molecular complexity index is 626. The van der Waals surface area contributed by atoms with E-state index < -0.39 is 27.6 Å². The molecule has 0 aromatic heterocycles. The fourth-order valence-corrected chi connectivity index (χ4v) is 1.70. The third-order valence-corrected chi connectivity index (χ3v) is 3.39. The fraction of sp³-hybridized carbons (Fsp3) is 0.300. The lowest BCUT2D eigenvalue weighted by molar-refractivity contribution is -0.184. The van der Waals surface area contributed by atoms with Gasteiger partial charge in [0.05, 0.1) is 4.90 Å². The summed E-state index contributed by atoms with van der Waals surface area (Å²) in [6.45, 7) is 0.506. The van der Waals surface area contributed by atoms with Gasteiger partial charge in [-0.15, -0.1) is 0 Å². The van der Waals surface area contributed by atoms with Crippen LogP contribution in [-0.4, -0.2) is 26.0 Å². The number of anilines is 1. The van der Waals surface area contributed by atoms with Crippen LogP contribution in [0.25, 0.3) is 0 Å². The molecule has 0 saturated carbocycles. The quantitative estimate of drug-likeness (QED) is 0.756. The number of primary sulfonamides is 1. The molecule has 1 amide bonds. The van der Waals surface area contributed by atoms with Gasteiger partial charge in [-0.05, 0) is 25.1 Å². The van der Waals surface area contributed by atoms with Crippen molar-refractivity contribution < 1.29 is 26.4 Å². The Kier molecular flexibility index (Phi) is 4.13. The van der Waals surface area contributed by atoms with Crippen molar-refractivity contribution in [3.05, 3.63) is 24.3 Å². The molecule has 0 heterocycles. The minimum Gasteiger partial charge on any atom is -0.324 e. The normalized spacial score (nSPS) is 15.5. The molecule has 1 rings (SSSR count). The van der Waals surface area contributed by atoms with E-state index in [-0.39, 0.29) is 10.6 Å². The van der Waals surface area contributed by atoms with Crippen molar-refractivity contribution in [1.82, 2.24) is 0 Å². The molecular weight excluding hydrogens is 299 g/mol. The Balaban J connectivity index is 3.04. The summed E-state index contributed by atoms with van der Waals surface area (Å²) in [5, 5.41) is 6.76. The first kappa shape index (κ1) is 16.4. The zero-order chi connectivity index (χ0) is 15.8. The molecule has 0 fully saturated rings. The summed E-state index contributed by atoms with van der Waals surface area (Å²) < 4.78 is 59.8. The van der Waals surface area contributed by atoms with Gasteiger partial charge in [0.15, 0.2) is 5.54 Å². The van der Waals surface area contributed by atoms with Crippen LogP contribution >= 0.6 is 0 Å². The summed E-state index contributed by atoms with van der Waals surface area (Å²) in [4.78, 5) is 11.2. The number of nitrogens with two attached hydrogens (primary N) is 2. The average Bonchev–Trinajstić information content (AvgIpc) is 2.26. The molecular formula is C10H12F3N3O3S. The smallest absolute Gasteiger partial charge is 0.324 e. The Labute approximate surface area is 113 Å². The first-order valence-corrected chi connectivity index (χ1v) is 6.70. The lowest BCUT2D eigenvalue weighted by Gasteiger charge is -2.26. The minimum absolute atomic E-state index is 0.164. The van der Waals surface area contributed by atoms with Gasteiger partial charge in [-0.2, -0.15) is 13.2 Å². The van der Waals surface area contributed by atoms with Gasteiger partial charge in [-0.3, -0.25) is 4.79 Å². The van der Waals surface area contributed by atoms with Crippen LogP contribution in [0.15, 0.2) is 29.2 Å². The molecule has 0 aliphatic rings. The zero-order valence-electron chi connectivity index (χ0n) is 10.2. The second-order valence-corrected chi connectivity index (χ2v) is 5.79. The van der Waals surface area contributed by atoms with Crippen molar-refractivity contribution in [3.8, 4) is 0 Å². The van der Waals surface area contributed by atoms with Gasteiger partial charge in [-0.1, -0.05) is 6.07 Å². The molecule has 0 aliphatic heterocycles. The van der Waals surface area contributed by atoms with Crippen molar-refractivity contribution in [3.63, 3.8) is 0 Å².